The van der Waals surface area contributed by atoms with Gasteiger partial charge in [-0.05, 0) is 95.0 Å². The lowest BCUT2D eigenvalue weighted by Gasteiger charge is -2.32. The van der Waals surface area contributed by atoms with Crippen LogP contribution < -0.4 is 0 Å². The first-order chi connectivity index (χ1) is 14.5. The lowest BCUT2D eigenvalue weighted by Crippen LogP contribution is -2.27. The summed E-state index contributed by atoms with van der Waals surface area (Å²) in [6.07, 6.45) is 0. The number of halogens is 1. The first-order valence-electron chi connectivity index (χ1n) is 10.6. The van der Waals surface area contributed by atoms with Crippen LogP contribution in [0.25, 0.3) is 22.3 Å². The highest BCUT2D eigenvalue weighted by molar-refractivity contribution is 9.10. The summed E-state index contributed by atoms with van der Waals surface area (Å²) in [4.78, 5) is 0. The summed E-state index contributed by atoms with van der Waals surface area (Å²) in [6, 6.07) is 25.2. The van der Waals surface area contributed by atoms with Crippen LogP contribution in [-0.4, -0.2) is 0 Å². The quantitative estimate of drug-likeness (QED) is 0.219. The van der Waals surface area contributed by atoms with Gasteiger partial charge in [-0.1, -0.05) is 76.6 Å². The Kier molecular flexibility index (Phi) is 3.60. The third kappa shape index (κ3) is 1.97. The maximum absolute atomic E-state index is 3.96. The van der Waals surface area contributed by atoms with Crippen molar-refractivity contribution in [3.8, 4) is 22.3 Å². The summed E-state index contributed by atoms with van der Waals surface area (Å²) in [6.45, 7) is 9.01. The van der Waals surface area contributed by atoms with Crippen molar-refractivity contribution in [2.75, 3.05) is 0 Å². The standard InChI is InChI=1S/C29H23Br/c1-16-13-22-25(14-17(16)2)29(28-19(4)18(3)15-26(30)27(22)28)23-11-7-5-9-20(23)21-10-6-8-12-24(21)29/h5-15H,1-4H3. The molecular formula is C29H23Br. The van der Waals surface area contributed by atoms with E-state index < -0.39 is 0 Å². The summed E-state index contributed by atoms with van der Waals surface area (Å²) in [5.41, 5.74) is 16.3. The molecule has 2 aliphatic carbocycles. The minimum Gasteiger partial charge on any atom is -0.0619 e. The highest BCUT2D eigenvalue weighted by Crippen LogP contribution is 2.64. The summed E-state index contributed by atoms with van der Waals surface area (Å²) in [5, 5.41) is 0. The first kappa shape index (κ1) is 18.2. The number of rotatable bonds is 0. The normalized spacial score (nSPS) is 14.4. The van der Waals surface area contributed by atoms with Gasteiger partial charge in [0.15, 0.2) is 0 Å². The first-order valence-corrected chi connectivity index (χ1v) is 11.4. The van der Waals surface area contributed by atoms with E-state index >= 15 is 0 Å². The third-order valence-corrected chi connectivity index (χ3v) is 8.06. The highest BCUT2D eigenvalue weighted by atomic mass is 79.9. The van der Waals surface area contributed by atoms with Gasteiger partial charge >= 0.3 is 0 Å². The lowest BCUT2D eigenvalue weighted by molar-refractivity contribution is 0.783. The van der Waals surface area contributed by atoms with E-state index in [9.17, 15) is 0 Å². The van der Waals surface area contributed by atoms with E-state index in [1.807, 2.05) is 0 Å². The Balaban J connectivity index is 1.92. The molecule has 0 radical (unpaired) electrons. The van der Waals surface area contributed by atoms with Crippen LogP contribution in [0, 0.1) is 27.7 Å². The van der Waals surface area contributed by atoms with Gasteiger partial charge in [-0.3, -0.25) is 0 Å². The lowest BCUT2D eigenvalue weighted by atomic mass is 9.69. The Hall–Kier alpha value is -2.64. The van der Waals surface area contributed by atoms with Gasteiger partial charge in [-0.15, -0.1) is 0 Å². The van der Waals surface area contributed by atoms with Crippen LogP contribution in [0.5, 0.6) is 0 Å². The molecule has 1 spiro atoms. The van der Waals surface area contributed by atoms with Crippen LogP contribution in [0.4, 0.5) is 0 Å². The minimum atomic E-state index is -0.255. The molecule has 6 rings (SSSR count). The van der Waals surface area contributed by atoms with E-state index in [4.69, 9.17) is 0 Å². The zero-order valence-electron chi connectivity index (χ0n) is 17.7. The van der Waals surface area contributed by atoms with Crippen molar-refractivity contribution in [2.45, 2.75) is 33.1 Å². The van der Waals surface area contributed by atoms with Gasteiger partial charge in [0.25, 0.3) is 0 Å². The van der Waals surface area contributed by atoms with Gasteiger partial charge in [0.05, 0.1) is 5.41 Å². The van der Waals surface area contributed by atoms with Gasteiger partial charge in [0.1, 0.15) is 0 Å². The molecule has 4 aromatic rings. The third-order valence-electron chi connectivity index (χ3n) is 7.43. The van der Waals surface area contributed by atoms with Crippen molar-refractivity contribution < 1.29 is 0 Å². The van der Waals surface area contributed by atoms with Crippen molar-refractivity contribution in [3.63, 3.8) is 0 Å². The van der Waals surface area contributed by atoms with E-state index in [0.717, 1.165) is 0 Å². The number of fused-ring (bicyclic) bond motifs is 10. The van der Waals surface area contributed by atoms with Crippen molar-refractivity contribution >= 4 is 15.9 Å². The predicted molar refractivity (Wildman–Crippen MR) is 129 cm³/mol. The van der Waals surface area contributed by atoms with Crippen molar-refractivity contribution in [3.05, 3.63) is 116 Å². The van der Waals surface area contributed by atoms with Gasteiger partial charge in [-0.2, -0.15) is 0 Å². The summed E-state index contributed by atoms with van der Waals surface area (Å²) in [5.74, 6) is 0. The topological polar surface area (TPSA) is 0 Å². The fourth-order valence-corrected chi connectivity index (χ4v) is 6.62. The maximum Gasteiger partial charge on any atom is 0.0728 e. The Bertz CT molecular complexity index is 1340. The molecule has 4 aromatic carbocycles. The van der Waals surface area contributed by atoms with E-state index in [2.05, 4.69) is 110 Å². The highest BCUT2D eigenvalue weighted by Gasteiger charge is 2.53. The smallest absolute Gasteiger partial charge is 0.0619 e. The summed E-state index contributed by atoms with van der Waals surface area (Å²) in [7, 11) is 0. The minimum absolute atomic E-state index is 0.255. The molecule has 0 saturated carbocycles. The number of aryl methyl sites for hydroxylation is 3. The van der Waals surface area contributed by atoms with Crippen molar-refractivity contribution in [2.24, 2.45) is 0 Å². The van der Waals surface area contributed by atoms with E-state index in [-0.39, 0.29) is 5.41 Å². The molecule has 0 atom stereocenters. The van der Waals surface area contributed by atoms with Crippen molar-refractivity contribution in [1.82, 2.24) is 0 Å². The Morgan fingerprint density at radius 1 is 0.600 bits per heavy atom. The zero-order chi connectivity index (χ0) is 20.8. The molecule has 0 aliphatic heterocycles. The summed E-state index contributed by atoms with van der Waals surface area (Å²) >= 11 is 3.96. The van der Waals surface area contributed by atoms with Crippen molar-refractivity contribution in [1.29, 1.82) is 0 Å². The van der Waals surface area contributed by atoms with Crippen LogP contribution in [0.2, 0.25) is 0 Å². The molecule has 2 aliphatic rings. The zero-order valence-corrected chi connectivity index (χ0v) is 19.3. The molecule has 0 aromatic heterocycles. The summed E-state index contributed by atoms with van der Waals surface area (Å²) < 4.78 is 1.20. The van der Waals surface area contributed by atoms with Crippen LogP contribution in [0.15, 0.2) is 71.2 Å². The monoisotopic (exact) mass is 450 g/mol. The Morgan fingerprint density at radius 2 is 1.17 bits per heavy atom. The van der Waals surface area contributed by atoms with Gasteiger partial charge < -0.3 is 0 Å². The van der Waals surface area contributed by atoms with Gasteiger partial charge in [0, 0.05) is 10.0 Å². The molecule has 0 fully saturated rings. The van der Waals surface area contributed by atoms with Crippen LogP contribution in [0.3, 0.4) is 0 Å². The van der Waals surface area contributed by atoms with Crippen LogP contribution in [-0.2, 0) is 5.41 Å². The van der Waals surface area contributed by atoms with E-state index in [1.165, 1.54) is 71.2 Å². The molecule has 146 valence electrons. The largest absolute Gasteiger partial charge is 0.0728 e. The molecule has 0 amide bonds. The molecular weight excluding hydrogens is 428 g/mol. The van der Waals surface area contributed by atoms with Gasteiger partial charge in [0.2, 0.25) is 0 Å². The second-order valence-electron chi connectivity index (χ2n) is 8.87. The number of hydrogen-bond donors (Lipinski definition) is 0. The molecule has 0 saturated heterocycles. The average molecular weight is 451 g/mol. The average Bonchev–Trinajstić information content (AvgIpc) is 3.20. The number of hydrogen-bond acceptors (Lipinski definition) is 0. The second kappa shape index (κ2) is 5.95. The molecule has 0 heterocycles. The fraction of sp³-hybridized carbons (Fsp3) is 0.172. The van der Waals surface area contributed by atoms with Crippen LogP contribution in [0.1, 0.15) is 44.5 Å². The van der Waals surface area contributed by atoms with Gasteiger partial charge in [-0.25, -0.2) is 0 Å². The van der Waals surface area contributed by atoms with E-state index in [1.54, 1.807) is 0 Å². The maximum atomic E-state index is 3.96. The molecule has 0 bridgehead atoms. The number of benzene rings is 4. The Labute approximate surface area is 186 Å². The van der Waals surface area contributed by atoms with Crippen LogP contribution >= 0.6 is 15.9 Å². The molecule has 0 unspecified atom stereocenters. The fourth-order valence-electron chi connectivity index (χ4n) is 5.87. The second-order valence-corrected chi connectivity index (χ2v) is 9.73. The predicted octanol–water partition coefficient (Wildman–Crippen LogP) is 8.03. The molecule has 30 heavy (non-hydrogen) atoms. The molecule has 1 heteroatoms. The SMILES string of the molecule is Cc1cc2c(cc1C)C1(c3ccccc3-c3ccccc31)c1c(C)c(C)cc(Br)c1-2. The molecule has 0 nitrogen and oxygen atoms in total. The van der Waals surface area contributed by atoms with E-state index in [0.29, 0.717) is 0 Å². The Morgan fingerprint density at radius 3 is 1.80 bits per heavy atom. The molecule has 0 N–H and O–H groups in total.